The number of nitrogens with zero attached hydrogens (tertiary/aromatic N) is 5. The number of fused-ring (bicyclic) bond motifs is 2. The second-order valence-electron chi connectivity index (χ2n) is 16.7. The molecule has 0 fully saturated rings. The maximum atomic E-state index is 5.15. The predicted octanol–water partition coefficient (Wildman–Crippen LogP) is 13.3. The van der Waals surface area contributed by atoms with E-state index in [0.717, 1.165) is 53.7 Å². The molecular formula is C52H47N5. The lowest BCUT2D eigenvalue weighted by atomic mass is 9.70. The Labute approximate surface area is 336 Å². The van der Waals surface area contributed by atoms with Gasteiger partial charge in [-0.1, -0.05) is 107 Å². The molecule has 6 aromatic rings. The van der Waals surface area contributed by atoms with Gasteiger partial charge in [-0.25, -0.2) is 15.0 Å². The van der Waals surface area contributed by atoms with Crippen LogP contribution >= 0.6 is 0 Å². The Morgan fingerprint density at radius 2 is 0.860 bits per heavy atom. The topological polar surface area (TPSA) is 45.2 Å². The molecule has 0 saturated carbocycles. The number of hydrogen-bond donors (Lipinski definition) is 0. The molecule has 1 aromatic heterocycles. The van der Waals surface area contributed by atoms with Gasteiger partial charge in [-0.3, -0.25) is 0 Å². The summed E-state index contributed by atoms with van der Waals surface area (Å²) in [6.45, 7) is 9.50. The zero-order chi connectivity index (χ0) is 38.7. The van der Waals surface area contributed by atoms with E-state index >= 15 is 0 Å². The van der Waals surface area contributed by atoms with Gasteiger partial charge in [0, 0.05) is 50.3 Å². The van der Waals surface area contributed by atoms with Crippen LogP contribution in [0.4, 0.5) is 22.7 Å². The summed E-state index contributed by atoms with van der Waals surface area (Å²) >= 11 is 0. The Hall–Kier alpha value is -6.33. The Kier molecular flexibility index (Phi) is 8.44. The van der Waals surface area contributed by atoms with Crippen LogP contribution in [-0.4, -0.2) is 15.0 Å². The summed E-state index contributed by atoms with van der Waals surface area (Å²) in [5, 5.41) is 0. The van der Waals surface area contributed by atoms with E-state index in [1.807, 2.05) is 18.2 Å². The highest BCUT2D eigenvalue weighted by Crippen LogP contribution is 2.52. The molecule has 0 amide bonds. The molecule has 0 radical (unpaired) electrons. The first-order valence-electron chi connectivity index (χ1n) is 20.4. The molecule has 5 nitrogen and oxygen atoms in total. The van der Waals surface area contributed by atoms with E-state index in [-0.39, 0.29) is 10.8 Å². The van der Waals surface area contributed by atoms with Crippen LogP contribution in [0.5, 0.6) is 0 Å². The minimum atomic E-state index is -0.0350. The van der Waals surface area contributed by atoms with E-state index in [1.54, 1.807) is 0 Å². The highest BCUT2D eigenvalue weighted by molar-refractivity contribution is 5.81. The fraction of sp³-hybridized carbons (Fsp3) is 0.212. The molecule has 0 atom stereocenters. The first-order valence-corrected chi connectivity index (χ1v) is 20.4. The molecule has 0 saturated heterocycles. The summed E-state index contributed by atoms with van der Waals surface area (Å²) in [6, 6.07) is 45.4. The number of hydrogen-bond acceptors (Lipinski definition) is 5. The highest BCUT2D eigenvalue weighted by atomic mass is 15.2. The molecular weight excluding hydrogens is 695 g/mol. The van der Waals surface area contributed by atoms with Crippen molar-refractivity contribution in [3.05, 3.63) is 185 Å². The summed E-state index contributed by atoms with van der Waals surface area (Å²) in [7, 11) is 0. The smallest absolute Gasteiger partial charge is 0.164 e. The second kappa shape index (κ2) is 13.7. The van der Waals surface area contributed by atoms with Gasteiger partial charge in [0.05, 0.1) is 11.4 Å². The Morgan fingerprint density at radius 1 is 0.439 bits per heavy atom. The summed E-state index contributed by atoms with van der Waals surface area (Å²) in [5.41, 5.74) is 15.8. The second-order valence-corrected chi connectivity index (χ2v) is 16.7. The first-order chi connectivity index (χ1) is 27.8. The van der Waals surface area contributed by atoms with Gasteiger partial charge in [0.2, 0.25) is 0 Å². The normalized spacial score (nSPS) is 17.8. The van der Waals surface area contributed by atoms with Gasteiger partial charge in [0.1, 0.15) is 0 Å². The molecule has 2 aliphatic carbocycles. The Bertz CT molecular complexity index is 2640. The van der Waals surface area contributed by atoms with E-state index < -0.39 is 0 Å². The van der Waals surface area contributed by atoms with Crippen LogP contribution in [0.1, 0.15) is 70.9 Å². The summed E-state index contributed by atoms with van der Waals surface area (Å²) in [6.07, 6.45) is 14.8. The lowest BCUT2D eigenvalue weighted by Crippen LogP contribution is -2.34. The van der Waals surface area contributed by atoms with E-state index in [9.17, 15) is 0 Å². The van der Waals surface area contributed by atoms with E-state index in [0.29, 0.717) is 17.5 Å². The molecule has 0 N–H and O–H groups in total. The number of rotatable bonds is 5. The van der Waals surface area contributed by atoms with E-state index in [4.69, 9.17) is 15.0 Å². The van der Waals surface area contributed by atoms with Crippen LogP contribution in [0.2, 0.25) is 0 Å². The van der Waals surface area contributed by atoms with Crippen molar-refractivity contribution in [3.8, 4) is 34.2 Å². The fourth-order valence-corrected chi connectivity index (χ4v) is 9.56. The van der Waals surface area contributed by atoms with Crippen molar-refractivity contribution in [1.82, 2.24) is 15.0 Å². The molecule has 3 heterocycles. The number of benzene rings is 5. The van der Waals surface area contributed by atoms with Crippen molar-refractivity contribution in [3.63, 3.8) is 0 Å². The molecule has 0 spiro atoms. The SMILES string of the molecule is CC1(C)C2=C(C=CCC2)N(c2ccc(-c3nc(-c4ccccc4)nc(-c4ccc(N5C6=C(CCCC=C6)C(C)(C)c6ccccc65)cc4)n3)cc2)c2ccccc21. The lowest BCUT2D eigenvalue weighted by Gasteiger charge is -2.44. The Balaban J connectivity index is 1.04. The molecule has 4 aliphatic rings. The largest absolute Gasteiger partial charge is 0.310 e. The molecule has 0 unspecified atom stereocenters. The zero-order valence-electron chi connectivity index (χ0n) is 33.2. The van der Waals surface area contributed by atoms with Gasteiger partial charge in [0.25, 0.3) is 0 Å². The molecule has 5 heteroatoms. The van der Waals surface area contributed by atoms with Crippen molar-refractivity contribution in [1.29, 1.82) is 0 Å². The highest BCUT2D eigenvalue weighted by Gasteiger charge is 2.39. The lowest BCUT2D eigenvalue weighted by molar-refractivity contribution is 0.568. The van der Waals surface area contributed by atoms with Gasteiger partial charge < -0.3 is 9.80 Å². The van der Waals surface area contributed by atoms with Crippen LogP contribution in [-0.2, 0) is 10.8 Å². The zero-order valence-corrected chi connectivity index (χ0v) is 33.2. The Morgan fingerprint density at radius 3 is 1.37 bits per heavy atom. The average Bonchev–Trinajstić information content (AvgIpc) is 3.52. The minimum absolute atomic E-state index is 0.0256. The maximum absolute atomic E-state index is 5.15. The van der Waals surface area contributed by atoms with Gasteiger partial charge in [-0.15, -0.1) is 0 Å². The van der Waals surface area contributed by atoms with Crippen LogP contribution in [0.15, 0.2) is 174 Å². The predicted molar refractivity (Wildman–Crippen MR) is 235 cm³/mol. The van der Waals surface area contributed by atoms with Gasteiger partial charge >= 0.3 is 0 Å². The molecule has 0 bridgehead atoms. The van der Waals surface area contributed by atoms with Crippen molar-refractivity contribution in [2.24, 2.45) is 0 Å². The van der Waals surface area contributed by atoms with Crippen molar-refractivity contribution >= 4 is 22.7 Å². The van der Waals surface area contributed by atoms with E-state index in [2.05, 4.69) is 171 Å². The third-order valence-electron chi connectivity index (χ3n) is 12.6. The van der Waals surface area contributed by atoms with Gasteiger partial charge in [0.15, 0.2) is 17.5 Å². The standard InChI is InChI=1S/C52H47N5/c1-51(2)40-19-9-6-10-23-44(40)56(45-24-14-11-20-41(45)51)38-31-27-36(28-32-38)49-53-48(35-17-7-5-8-18-35)54-50(55-49)37-29-33-39(34-30-37)57-46-25-15-12-21-42(46)52(3,4)43-22-13-16-26-47(43)57/h5,7-8,10-12,14-18,20-21,23-34H,6,9,13,19,22H2,1-4H3. The summed E-state index contributed by atoms with van der Waals surface area (Å²) < 4.78 is 0. The molecule has 57 heavy (non-hydrogen) atoms. The first kappa shape index (κ1) is 35.1. The van der Waals surface area contributed by atoms with Crippen molar-refractivity contribution in [2.75, 3.05) is 9.80 Å². The molecule has 10 rings (SSSR count). The summed E-state index contributed by atoms with van der Waals surface area (Å²) in [4.78, 5) is 20.2. The number of aromatic nitrogens is 3. The van der Waals surface area contributed by atoms with Gasteiger partial charge in [-0.2, -0.15) is 0 Å². The number of allylic oxidation sites excluding steroid dienone is 6. The average molecular weight is 742 g/mol. The number of para-hydroxylation sites is 2. The van der Waals surface area contributed by atoms with Crippen molar-refractivity contribution in [2.45, 2.75) is 70.6 Å². The minimum Gasteiger partial charge on any atom is -0.310 e. The fourth-order valence-electron chi connectivity index (χ4n) is 9.56. The maximum Gasteiger partial charge on any atom is 0.164 e. The molecule has 2 aliphatic heterocycles. The molecule has 5 aromatic carbocycles. The molecule has 280 valence electrons. The van der Waals surface area contributed by atoms with Crippen LogP contribution in [0.3, 0.4) is 0 Å². The third kappa shape index (κ3) is 5.87. The number of anilines is 4. The van der Waals surface area contributed by atoms with Crippen molar-refractivity contribution < 1.29 is 0 Å². The third-order valence-corrected chi connectivity index (χ3v) is 12.6. The van der Waals surface area contributed by atoms with Crippen LogP contribution in [0, 0.1) is 0 Å². The monoisotopic (exact) mass is 741 g/mol. The van der Waals surface area contributed by atoms with Crippen LogP contribution < -0.4 is 9.80 Å². The summed E-state index contributed by atoms with van der Waals surface area (Å²) in [5.74, 6) is 1.96. The van der Waals surface area contributed by atoms with Gasteiger partial charge in [-0.05, 0) is 127 Å². The van der Waals surface area contributed by atoms with Crippen LogP contribution in [0.25, 0.3) is 34.2 Å². The van der Waals surface area contributed by atoms with E-state index in [1.165, 1.54) is 51.5 Å². The quantitative estimate of drug-likeness (QED) is 0.176.